The van der Waals surface area contributed by atoms with Gasteiger partial charge in [-0.1, -0.05) is 6.07 Å². The fourth-order valence-corrected chi connectivity index (χ4v) is 3.02. The molecule has 1 aromatic carbocycles. The second kappa shape index (κ2) is 6.31. The number of imidazole rings is 1. The van der Waals surface area contributed by atoms with Gasteiger partial charge in [0.1, 0.15) is 17.3 Å². The molecular formula is C20H16F2N4. The molecule has 0 unspecified atom stereocenters. The number of benzene rings is 1. The molecule has 0 saturated carbocycles. The first-order valence-electron chi connectivity index (χ1n) is 8.15. The number of rotatable bonds is 3. The highest BCUT2D eigenvalue weighted by Gasteiger charge is 2.13. The molecule has 2 N–H and O–H groups in total. The largest absolute Gasteiger partial charge is 0.325 e. The van der Waals surface area contributed by atoms with Gasteiger partial charge in [0.2, 0.25) is 0 Å². The quantitative estimate of drug-likeness (QED) is 0.605. The lowest BCUT2D eigenvalue weighted by atomic mass is 9.99. The molecule has 0 bridgehead atoms. The first kappa shape index (κ1) is 16.4. The first-order valence-corrected chi connectivity index (χ1v) is 8.15. The molecule has 0 fully saturated rings. The van der Waals surface area contributed by atoms with Gasteiger partial charge in [0.25, 0.3) is 0 Å². The van der Waals surface area contributed by atoms with Crippen molar-refractivity contribution in [2.24, 2.45) is 5.73 Å². The molecule has 0 amide bonds. The number of aryl methyl sites for hydroxylation is 1. The molecule has 26 heavy (non-hydrogen) atoms. The van der Waals surface area contributed by atoms with E-state index in [0.29, 0.717) is 17.0 Å². The number of fused-ring (bicyclic) bond motifs is 1. The Labute approximate surface area is 149 Å². The van der Waals surface area contributed by atoms with E-state index in [4.69, 9.17) is 5.73 Å². The van der Waals surface area contributed by atoms with Crippen LogP contribution in [0.2, 0.25) is 0 Å². The summed E-state index contributed by atoms with van der Waals surface area (Å²) in [6.45, 7) is 2.20. The molecule has 130 valence electrons. The summed E-state index contributed by atoms with van der Waals surface area (Å²) in [5.41, 5.74) is 10.7. The Balaban J connectivity index is 1.96. The van der Waals surface area contributed by atoms with E-state index in [1.165, 1.54) is 12.1 Å². The molecule has 0 saturated heterocycles. The minimum atomic E-state index is -0.646. The van der Waals surface area contributed by atoms with E-state index < -0.39 is 11.6 Å². The van der Waals surface area contributed by atoms with Gasteiger partial charge in [-0.3, -0.25) is 4.98 Å². The number of nitrogens with two attached hydrogens (primary N) is 1. The van der Waals surface area contributed by atoms with Crippen LogP contribution in [0.1, 0.15) is 11.4 Å². The van der Waals surface area contributed by atoms with Crippen molar-refractivity contribution in [2.75, 3.05) is 0 Å². The van der Waals surface area contributed by atoms with E-state index in [1.807, 2.05) is 41.8 Å². The second-order valence-electron chi connectivity index (χ2n) is 6.11. The van der Waals surface area contributed by atoms with Gasteiger partial charge in [-0.15, -0.1) is 0 Å². The van der Waals surface area contributed by atoms with Gasteiger partial charge in [-0.05, 0) is 37.3 Å². The molecule has 6 heteroatoms. The van der Waals surface area contributed by atoms with Crippen LogP contribution in [0, 0.1) is 18.6 Å². The van der Waals surface area contributed by atoms with Crippen molar-refractivity contribution in [3.05, 3.63) is 77.9 Å². The smallest absolute Gasteiger partial charge is 0.136 e. The Morgan fingerprint density at radius 1 is 1.00 bits per heavy atom. The van der Waals surface area contributed by atoms with Gasteiger partial charge in [-0.25, -0.2) is 13.8 Å². The minimum absolute atomic E-state index is 0.241. The highest BCUT2D eigenvalue weighted by atomic mass is 19.1. The van der Waals surface area contributed by atoms with Gasteiger partial charge in [0.05, 0.1) is 11.4 Å². The molecule has 4 aromatic rings. The molecule has 0 spiro atoms. The molecule has 0 radical (unpaired) electrons. The summed E-state index contributed by atoms with van der Waals surface area (Å²) in [6, 6.07) is 10.9. The molecule has 0 aliphatic carbocycles. The molecule has 3 heterocycles. The van der Waals surface area contributed by atoms with Gasteiger partial charge < -0.3 is 10.1 Å². The average Bonchev–Trinajstić information content (AvgIpc) is 3.01. The monoisotopic (exact) mass is 350 g/mol. The lowest BCUT2D eigenvalue weighted by Gasteiger charge is -2.12. The second-order valence-corrected chi connectivity index (χ2v) is 6.11. The Bertz CT molecular complexity index is 1100. The maximum absolute atomic E-state index is 13.7. The van der Waals surface area contributed by atoms with E-state index in [2.05, 4.69) is 9.97 Å². The zero-order chi connectivity index (χ0) is 18.3. The zero-order valence-electron chi connectivity index (χ0n) is 14.1. The number of nitrogens with zero attached hydrogens (tertiary/aromatic N) is 3. The summed E-state index contributed by atoms with van der Waals surface area (Å²) in [4.78, 5) is 8.84. The molecule has 0 aliphatic rings. The molecule has 0 atom stereocenters. The van der Waals surface area contributed by atoms with Crippen LogP contribution in [0.15, 0.2) is 54.9 Å². The molecule has 4 rings (SSSR count). The SMILES string of the molecule is Cc1cnc2ccc(-c3ccc(CN)nc3-c3cc(F)cc(F)c3)cn12. The fraction of sp³-hybridized carbons (Fsp3) is 0.100. The lowest BCUT2D eigenvalue weighted by Crippen LogP contribution is -2.02. The van der Waals surface area contributed by atoms with Crippen molar-refractivity contribution in [2.45, 2.75) is 13.5 Å². The summed E-state index contributed by atoms with van der Waals surface area (Å²) in [5, 5.41) is 0. The summed E-state index contributed by atoms with van der Waals surface area (Å²) in [7, 11) is 0. The molecule has 4 nitrogen and oxygen atoms in total. The average molecular weight is 350 g/mol. The van der Waals surface area contributed by atoms with Crippen LogP contribution in [0.3, 0.4) is 0 Å². The third kappa shape index (κ3) is 2.84. The van der Waals surface area contributed by atoms with E-state index in [9.17, 15) is 8.78 Å². The lowest BCUT2D eigenvalue weighted by molar-refractivity contribution is 0.584. The van der Waals surface area contributed by atoms with Crippen LogP contribution in [0.25, 0.3) is 28.0 Å². The van der Waals surface area contributed by atoms with E-state index in [-0.39, 0.29) is 6.54 Å². The Morgan fingerprint density at radius 2 is 1.77 bits per heavy atom. The summed E-state index contributed by atoms with van der Waals surface area (Å²) in [6.07, 6.45) is 3.73. The first-order chi connectivity index (χ1) is 12.5. The maximum Gasteiger partial charge on any atom is 0.136 e. The van der Waals surface area contributed by atoms with Gasteiger partial charge in [0.15, 0.2) is 0 Å². The number of hydrogen-bond acceptors (Lipinski definition) is 3. The zero-order valence-corrected chi connectivity index (χ0v) is 14.1. The van der Waals surface area contributed by atoms with E-state index in [0.717, 1.165) is 28.5 Å². The van der Waals surface area contributed by atoms with E-state index >= 15 is 0 Å². The summed E-state index contributed by atoms with van der Waals surface area (Å²) < 4.78 is 29.5. The standard InChI is InChI=1S/C20H16F2N4/c1-12-10-24-19-5-2-13(11-26(12)19)18-4-3-17(9-23)25-20(18)14-6-15(21)8-16(22)7-14/h2-8,10-11H,9,23H2,1H3. The van der Waals surface area contributed by atoms with Gasteiger partial charge in [0, 0.05) is 47.4 Å². The number of halogens is 2. The number of hydrogen-bond donors (Lipinski definition) is 1. The van der Waals surface area contributed by atoms with Crippen LogP contribution in [0.4, 0.5) is 8.78 Å². The van der Waals surface area contributed by atoms with Crippen molar-refractivity contribution in [3.63, 3.8) is 0 Å². The summed E-state index contributed by atoms with van der Waals surface area (Å²) >= 11 is 0. The molecular weight excluding hydrogens is 334 g/mol. The van der Waals surface area contributed by atoms with E-state index in [1.54, 1.807) is 6.20 Å². The Morgan fingerprint density at radius 3 is 2.50 bits per heavy atom. The molecule has 3 aromatic heterocycles. The minimum Gasteiger partial charge on any atom is -0.325 e. The number of pyridine rings is 2. The topological polar surface area (TPSA) is 56.2 Å². The van der Waals surface area contributed by atoms with Crippen molar-refractivity contribution >= 4 is 5.65 Å². The van der Waals surface area contributed by atoms with Crippen LogP contribution in [-0.2, 0) is 6.54 Å². The number of aromatic nitrogens is 3. The maximum atomic E-state index is 13.7. The van der Waals surface area contributed by atoms with Crippen LogP contribution < -0.4 is 5.73 Å². The highest BCUT2D eigenvalue weighted by molar-refractivity contribution is 5.81. The van der Waals surface area contributed by atoms with Crippen molar-refractivity contribution in [3.8, 4) is 22.4 Å². The Kier molecular flexibility index (Phi) is 3.97. The third-order valence-electron chi connectivity index (χ3n) is 4.30. The van der Waals surface area contributed by atoms with Crippen molar-refractivity contribution in [1.82, 2.24) is 14.4 Å². The van der Waals surface area contributed by atoms with Crippen molar-refractivity contribution in [1.29, 1.82) is 0 Å². The van der Waals surface area contributed by atoms with Crippen molar-refractivity contribution < 1.29 is 8.78 Å². The Hall–Kier alpha value is -3.12. The van der Waals surface area contributed by atoms with Gasteiger partial charge in [-0.2, -0.15) is 0 Å². The molecule has 0 aliphatic heterocycles. The van der Waals surface area contributed by atoms with Crippen LogP contribution >= 0.6 is 0 Å². The highest BCUT2D eigenvalue weighted by Crippen LogP contribution is 2.32. The third-order valence-corrected chi connectivity index (χ3v) is 4.30. The van der Waals surface area contributed by atoms with Crippen LogP contribution in [-0.4, -0.2) is 14.4 Å². The fourth-order valence-electron chi connectivity index (χ4n) is 3.02. The predicted molar refractivity (Wildman–Crippen MR) is 96.4 cm³/mol. The predicted octanol–water partition coefficient (Wildman–Crippen LogP) is 4.11. The normalized spacial score (nSPS) is 11.2. The van der Waals surface area contributed by atoms with Crippen LogP contribution in [0.5, 0.6) is 0 Å². The summed E-state index contributed by atoms with van der Waals surface area (Å²) in [5.74, 6) is -1.29. The van der Waals surface area contributed by atoms with Gasteiger partial charge >= 0.3 is 0 Å².